The van der Waals surface area contributed by atoms with Crippen LogP contribution in [0.25, 0.3) is 11.3 Å². The number of rotatable bonds is 6. The van der Waals surface area contributed by atoms with Crippen LogP contribution in [0.4, 0.5) is 5.69 Å². The number of guanidine groups is 1. The molecule has 0 saturated heterocycles. The molecule has 0 unspecified atom stereocenters. The fourth-order valence-electron chi connectivity index (χ4n) is 1.84. The second kappa shape index (κ2) is 7.54. The van der Waals surface area contributed by atoms with Crippen molar-refractivity contribution in [1.29, 1.82) is 0 Å². The lowest BCUT2D eigenvalue weighted by molar-refractivity contribution is -0.485. The van der Waals surface area contributed by atoms with E-state index >= 15 is 0 Å². The third kappa shape index (κ3) is 4.51. The summed E-state index contributed by atoms with van der Waals surface area (Å²) in [5.74, 6) is 0.302. The summed E-state index contributed by atoms with van der Waals surface area (Å²) in [6.07, 6.45) is 1.18. The van der Waals surface area contributed by atoms with E-state index in [0.29, 0.717) is 5.75 Å². The predicted octanol–water partition coefficient (Wildman–Crippen LogP) is 1.29. The number of methoxy groups -OCH3 is 1. The van der Waals surface area contributed by atoms with Gasteiger partial charge in [0.05, 0.1) is 29.9 Å². The molecular formula is C13H12N6O6. The van der Waals surface area contributed by atoms with Crippen LogP contribution >= 0.6 is 0 Å². The summed E-state index contributed by atoms with van der Waals surface area (Å²) >= 11 is 0. The minimum absolute atomic E-state index is 0.183. The first-order valence-electron chi connectivity index (χ1n) is 6.61. The molecule has 0 bridgehead atoms. The van der Waals surface area contributed by atoms with Crippen molar-refractivity contribution >= 4 is 17.9 Å². The van der Waals surface area contributed by atoms with Crippen LogP contribution in [-0.2, 0) is 0 Å². The highest BCUT2D eigenvalue weighted by Crippen LogP contribution is 2.33. The molecule has 0 atom stereocenters. The van der Waals surface area contributed by atoms with Crippen molar-refractivity contribution < 1.29 is 19.1 Å². The number of ether oxygens (including phenoxy) is 1. The lowest BCUT2D eigenvalue weighted by atomic mass is 10.1. The maximum atomic E-state index is 11.2. The molecule has 0 aliphatic carbocycles. The van der Waals surface area contributed by atoms with Crippen molar-refractivity contribution in [3.8, 4) is 17.1 Å². The number of nitrogens with one attached hydrogen (secondary N) is 1. The molecule has 0 aliphatic heterocycles. The largest absolute Gasteiger partial charge is 0.497 e. The number of hydrogen-bond acceptors (Lipinski definition) is 7. The van der Waals surface area contributed by atoms with Crippen LogP contribution in [0.5, 0.6) is 5.75 Å². The first kappa shape index (κ1) is 17.4. The topological polar surface area (TPSA) is 171 Å². The van der Waals surface area contributed by atoms with Crippen molar-refractivity contribution in [2.45, 2.75) is 0 Å². The van der Waals surface area contributed by atoms with E-state index < -0.39 is 15.9 Å². The maximum absolute atomic E-state index is 11.2. The Balaban J connectivity index is 2.21. The summed E-state index contributed by atoms with van der Waals surface area (Å²) < 4.78 is 10.4. The molecular weight excluding hydrogens is 336 g/mol. The summed E-state index contributed by atoms with van der Waals surface area (Å²) in [4.78, 5) is 20.7. The van der Waals surface area contributed by atoms with E-state index in [4.69, 9.17) is 14.9 Å². The van der Waals surface area contributed by atoms with Crippen LogP contribution in [0, 0.1) is 20.2 Å². The zero-order valence-corrected chi connectivity index (χ0v) is 12.8. The second-order valence-corrected chi connectivity index (χ2v) is 4.44. The van der Waals surface area contributed by atoms with Gasteiger partial charge in [-0.05, 0) is 24.3 Å². The molecule has 2 aromatic rings. The average molecular weight is 348 g/mol. The quantitative estimate of drug-likeness (QED) is 0.340. The number of furan rings is 1. The summed E-state index contributed by atoms with van der Waals surface area (Å²) in [7, 11) is 1.40. The molecule has 0 radical (unpaired) electrons. The van der Waals surface area contributed by atoms with Gasteiger partial charge in [0.25, 0.3) is 11.6 Å². The van der Waals surface area contributed by atoms with Gasteiger partial charge in [0.1, 0.15) is 22.4 Å². The number of benzene rings is 1. The molecule has 1 aromatic heterocycles. The van der Waals surface area contributed by atoms with Gasteiger partial charge in [-0.3, -0.25) is 10.1 Å². The number of nitro benzene ring substituents is 1. The molecule has 0 saturated carbocycles. The Labute approximate surface area is 139 Å². The van der Waals surface area contributed by atoms with Crippen LogP contribution in [0.2, 0.25) is 0 Å². The molecule has 0 spiro atoms. The van der Waals surface area contributed by atoms with Gasteiger partial charge in [-0.15, -0.1) is 0 Å². The summed E-state index contributed by atoms with van der Waals surface area (Å²) in [5, 5.41) is 26.7. The van der Waals surface area contributed by atoms with Crippen molar-refractivity contribution in [1.82, 2.24) is 5.43 Å². The van der Waals surface area contributed by atoms with Crippen LogP contribution in [0.3, 0.4) is 0 Å². The zero-order chi connectivity index (χ0) is 18.4. The number of nitro groups is 2. The van der Waals surface area contributed by atoms with Gasteiger partial charge in [-0.2, -0.15) is 5.10 Å². The Kier molecular flexibility index (Phi) is 5.25. The number of hydrogen-bond donors (Lipinski definition) is 2. The minimum atomic E-state index is -0.980. The van der Waals surface area contributed by atoms with Crippen molar-refractivity contribution in [3.63, 3.8) is 0 Å². The van der Waals surface area contributed by atoms with Gasteiger partial charge in [-0.25, -0.2) is 15.5 Å². The van der Waals surface area contributed by atoms with Crippen molar-refractivity contribution in [2.75, 3.05) is 7.11 Å². The number of nitrogens with zero attached hydrogens (tertiary/aromatic N) is 4. The van der Waals surface area contributed by atoms with E-state index in [1.807, 2.05) is 0 Å². The molecule has 25 heavy (non-hydrogen) atoms. The highest BCUT2D eigenvalue weighted by atomic mass is 16.7. The fraction of sp³-hybridized carbons (Fsp3) is 0.0769. The SMILES string of the molecule is COc1ccc(-c2ccc(C=NN/C(N)=N/[N+](=O)[O-])o2)c([N+](=O)[O-])c1. The summed E-state index contributed by atoms with van der Waals surface area (Å²) in [6.45, 7) is 0. The van der Waals surface area contributed by atoms with Crippen LogP contribution in [0.15, 0.2) is 45.0 Å². The Morgan fingerprint density at radius 3 is 2.72 bits per heavy atom. The van der Waals surface area contributed by atoms with Crippen LogP contribution < -0.4 is 15.9 Å². The molecule has 130 valence electrons. The third-order valence-corrected chi connectivity index (χ3v) is 2.85. The van der Waals surface area contributed by atoms with Gasteiger partial charge in [0, 0.05) is 0 Å². The Hall–Kier alpha value is -3.96. The van der Waals surface area contributed by atoms with E-state index in [2.05, 4.69) is 15.6 Å². The van der Waals surface area contributed by atoms with Gasteiger partial charge in [-0.1, -0.05) is 0 Å². The summed E-state index contributed by atoms with van der Waals surface area (Å²) in [5.41, 5.74) is 7.38. The minimum Gasteiger partial charge on any atom is -0.497 e. The van der Waals surface area contributed by atoms with E-state index in [1.165, 1.54) is 37.6 Å². The third-order valence-electron chi connectivity index (χ3n) is 2.85. The standard InChI is InChI=1S/C13H12N6O6/c1-24-8-2-4-10(11(6-8)18(20)21)12-5-3-9(25-12)7-15-16-13(14)17-19(22)23/h2-7H,1H3,(H3,14,16,17). The first-order chi connectivity index (χ1) is 11.9. The average Bonchev–Trinajstić information content (AvgIpc) is 3.02. The monoisotopic (exact) mass is 348 g/mol. The smallest absolute Gasteiger partial charge is 0.286 e. The predicted molar refractivity (Wildman–Crippen MR) is 86.7 cm³/mol. The van der Waals surface area contributed by atoms with Crippen molar-refractivity contribution in [2.24, 2.45) is 15.9 Å². The molecule has 12 nitrogen and oxygen atoms in total. The van der Waals surface area contributed by atoms with Gasteiger partial charge in [0.15, 0.2) is 5.03 Å². The molecule has 2 rings (SSSR count). The van der Waals surface area contributed by atoms with Gasteiger partial charge >= 0.3 is 0 Å². The number of hydrazone groups is 2. The van der Waals surface area contributed by atoms with Crippen molar-refractivity contribution in [3.05, 3.63) is 56.3 Å². The maximum Gasteiger partial charge on any atom is 0.286 e. The second-order valence-electron chi connectivity index (χ2n) is 4.44. The Bertz CT molecular complexity index is 858. The summed E-state index contributed by atoms with van der Waals surface area (Å²) in [6, 6.07) is 7.37. The highest BCUT2D eigenvalue weighted by Gasteiger charge is 2.19. The van der Waals surface area contributed by atoms with E-state index in [9.17, 15) is 20.2 Å². The van der Waals surface area contributed by atoms with Gasteiger partial charge in [0.2, 0.25) is 0 Å². The molecule has 1 aromatic carbocycles. The van der Waals surface area contributed by atoms with E-state index in [0.717, 1.165) is 0 Å². The lowest BCUT2D eigenvalue weighted by Crippen LogP contribution is -2.28. The van der Waals surface area contributed by atoms with Crippen LogP contribution in [0.1, 0.15) is 5.76 Å². The zero-order valence-electron chi connectivity index (χ0n) is 12.8. The molecule has 0 fully saturated rings. The molecule has 3 N–H and O–H groups in total. The number of nitrogens with two attached hydrogens (primary N) is 1. The Morgan fingerprint density at radius 1 is 1.32 bits per heavy atom. The first-order valence-corrected chi connectivity index (χ1v) is 6.61. The molecule has 12 heteroatoms. The highest BCUT2D eigenvalue weighted by molar-refractivity contribution is 5.82. The van der Waals surface area contributed by atoms with E-state index in [1.54, 1.807) is 6.07 Å². The molecule has 0 amide bonds. The van der Waals surface area contributed by atoms with Crippen LogP contribution in [-0.4, -0.2) is 29.2 Å². The van der Waals surface area contributed by atoms with E-state index in [-0.39, 0.29) is 22.8 Å². The fourth-order valence-corrected chi connectivity index (χ4v) is 1.84. The molecule has 0 aliphatic rings. The Morgan fingerprint density at radius 2 is 2.08 bits per heavy atom. The normalized spacial score (nSPS) is 11.5. The lowest BCUT2D eigenvalue weighted by Gasteiger charge is -2.03. The van der Waals surface area contributed by atoms with Gasteiger partial charge < -0.3 is 14.9 Å². The molecule has 1 heterocycles.